The van der Waals surface area contributed by atoms with Gasteiger partial charge < -0.3 is 10.2 Å². The fraction of sp³-hybridized carbons (Fsp3) is 0.355. The van der Waals surface area contributed by atoms with Gasteiger partial charge in [0, 0.05) is 12.6 Å². The molecule has 2 amide bonds. The average Bonchev–Trinajstić information content (AvgIpc) is 2.97. The molecule has 1 aliphatic carbocycles. The number of hydrogen-bond acceptors (Lipinski definition) is 4. The Hall–Kier alpha value is -3.14. The fourth-order valence-electron chi connectivity index (χ4n) is 4.96. The molecule has 0 spiro atoms. The molecule has 3 aromatic carbocycles. The highest BCUT2D eigenvalue weighted by Gasteiger charge is 2.33. The zero-order valence-electron chi connectivity index (χ0n) is 23.5. The molecule has 0 radical (unpaired) electrons. The van der Waals surface area contributed by atoms with Crippen LogP contribution < -0.4 is 9.62 Å². The highest BCUT2D eigenvalue weighted by molar-refractivity contribution is 7.92. The largest absolute Gasteiger partial charge is 0.352 e. The second kappa shape index (κ2) is 13.9. The van der Waals surface area contributed by atoms with Gasteiger partial charge in [-0.3, -0.25) is 13.9 Å². The second-order valence-electron chi connectivity index (χ2n) is 10.6. The van der Waals surface area contributed by atoms with E-state index >= 15 is 0 Å². The van der Waals surface area contributed by atoms with Crippen molar-refractivity contribution in [1.29, 1.82) is 0 Å². The van der Waals surface area contributed by atoms with Gasteiger partial charge in [0.25, 0.3) is 10.0 Å². The Morgan fingerprint density at radius 3 is 2.21 bits per heavy atom. The molecule has 0 aliphatic heterocycles. The number of aryl methyl sites for hydroxylation is 1. The first kappa shape index (κ1) is 31.8. The predicted octanol–water partition coefficient (Wildman–Crippen LogP) is 6.50. The van der Waals surface area contributed by atoms with Gasteiger partial charge in [-0.25, -0.2) is 12.8 Å². The third kappa shape index (κ3) is 7.82. The van der Waals surface area contributed by atoms with Gasteiger partial charge in [-0.05, 0) is 80.8 Å². The molecule has 11 heteroatoms. The van der Waals surface area contributed by atoms with Crippen LogP contribution in [-0.2, 0) is 26.2 Å². The van der Waals surface area contributed by atoms with Gasteiger partial charge in [-0.15, -0.1) is 0 Å². The number of nitrogens with zero attached hydrogens (tertiary/aromatic N) is 2. The van der Waals surface area contributed by atoms with Gasteiger partial charge in [-0.2, -0.15) is 0 Å². The van der Waals surface area contributed by atoms with Crippen molar-refractivity contribution in [3.05, 3.63) is 93.7 Å². The van der Waals surface area contributed by atoms with E-state index in [0.717, 1.165) is 66.2 Å². The smallest absolute Gasteiger partial charge is 0.264 e. The van der Waals surface area contributed by atoms with E-state index in [-0.39, 0.29) is 29.1 Å². The Kier molecular flexibility index (Phi) is 10.5. The lowest BCUT2D eigenvalue weighted by Gasteiger charge is -2.33. The molecule has 4 rings (SSSR count). The molecule has 1 saturated carbocycles. The molecular weight excluding hydrogens is 600 g/mol. The van der Waals surface area contributed by atoms with Gasteiger partial charge >= 0.3 is 0 Å². The molecule has 1 aliphatic rings. The standard InChI is InChI=1S/C31H34Cl2FN3O4S/c1-21-8-13-26(14-9-21)37(42(40,41)27-15-11-24(34)12-16-27)20-30(38)36(19-23-10-17-28(32)29(33)18-23)22(2)31(39)35-25-6-4-3-5-7-25/h8-18,22,25H,3-7,19-20H2,1-2H3,(H,35,39)/t22-/m1/s1. The molecule has 0 heterocycles. The number of benzene rings is 3. The normalized spacial score (nSPS) is 14.7. The van der Waals surface area contributed by atoms with E-state index in [1.165, 1.54) is 4.90 Å². The van der Waals surface area contributed by atoms with Crippen LogP contribution in [0.3, 0.4) is 0 Å². The maximum absolute atomic E-state index is 14.0. The Morgan fingerprint density at radius 2 is 1.60 bits per heavy atom. The van der Waals surface area contributed by atoms with E-state index in [1.807, 2.05) is 6.92 Å². The Morgan fingerprint density at radius 1 is 0.952 bits per heavy atom. The van der Waals surface area contributed by atoms with E-state index < -0.39 is 34.3 Å². The van der Waals surface area contributed by atoms with E-state index in [4.69, 9.17) is 23.2 Å². The number of amides is 2. The number of anilines is 1. The average molecular weight is 635 g/mol. The van der Waals surface area contributed by atoms with Crippen LogP contribution in [0.2, 0.25) is 10.0 Å². The second-order valence-corrected chi connectivity index (χ2v) is 13.3. The SMILES string of the molecule is Cc1ccc(N(CC(=O)N(Cc2ccc(Cl)c(Cl)c2)[C@H](C)C(=O)NC2CCCCC2)S(=O)(=O)c2ccc(F)cc2)cc1. The molecule has 3 aromatic rings. The van der Waals surface area contributed by atoms with Crippen molar-refractivity contribution >= 4 is 50.7 Å². The summed E-state index contributed by atoms with van der Waals surface area (Å²) in [5.41, 5.74) is 1.78. The van der Waals surface area contributed by atoms with Crippen molar-refractivity contribution in [2.45, 2.75) is 69.5 Å². The van der Waals surface area contributed by atoms with Crippen LogP contribution in [0, 0.1) is 12.7 Å². The van der Waals surface area contributed by atoms with Crippen LogP contribution in [0.15, 0.2) is 71.6 Å². The third-order valence-electron chi connectivity index (χ3n) is 7.46. The minimum atomic E-state index is -4.29. The third-order valence-corrected chi connectivity index (χ3v) is 9.99. The van der Waals surface area contributed by atoms with E-state index in [9.17, 15) is 22.4 Å². The number of carbonyl (C=O) groups excluding carboxylic acids is 2. The molecule has 0 unspecified atom stereocenters. The summed E-state index contributed by atoms with van der Waals surface area (Å²) < 4.78 is 42.2. The monoisotopic (exact) mass is 633 g/mol. The number of hydrogen-bond donors (Lipinski definition) is 1. The molecule has 7 nitrogen and oxygen atoms in total. The highest BCUT2D eigenvalue weighted by Crippen LogP contribution is 2.27. The number of carbonyl (C=O) groups is 2. The van der Waals surface area contributed by atoms with Crippen molar-refractivity contribution in [3.63, 3.8) is 0 Å². The number of halogens is 3. The maximum atomic E-state index is 14.0. The van der Waals surface area contributed by atoms with Crippen molar-refractivity contribution < 1.29 is 22.4 Å². The minimum Gasteiger partial charge on any atom is -0.352 e. The van der Waals surface area contributed by atoms with Crippen molar-refractivity contribution in [3.8, 4) is 0 Å². The molecule has 0 saturated heterocycles. The van der Waals surface area contributed by atoms with Crippen LogP contribution in [0.25, 0.3) is 0 Å². The molecule has 1 N–H and O–H groups in total. The number of sulfonamides is 1. The van der Waals surface area contributed by atoms with Crippen molar-refractivity contribution in [1.82, 2.24) is 10.2 Å². The predicted molar refractivity (Wildman–Crippen MR) is 164 cm³/mol. The topological polar surface area (TPSA) is 86.8 Å². The molecule has 42 heavy (non-hydrogen) atoms. The van der Waals surface area contributed by atoms with Gasteiger partial charge in [0.1, 0.15) is 18.4 Å². The Labute approximate surface area is 256 Å². The van der Waals surface area contributed by atoms with Gasteiger partial charge in [0.15, 0.2) is 0 Å². The van der Waals surface area contributed by atoms with Crippen LogP contribution in [-0.4, -0.2) is 43.8 Å². The summed E-state index contributed by atoms with van der Waals surface area (Å²) in [6, 6.07) is 15.1. The summed E-state index contributed by atoms with van der Waals surface area (Å²) in [7, 11) is -4.29. The van der Waals surface area contributed by atoms with E-state index in [1.54, 1.807) is 49.4 Å². The fourth-order valence-corrected chi connectivity index (χ4v) is 6.69. The number of rotatable bonds is 10. The summed E-state index contributed by atoms with van der Waals surface area (Å²) in [5, 5.41) is 3.70. The first-order chi connectivity index (χ1) is 20.0. The zero-order valence-corrected chi connectivity index (χ0v) is 25.9. The Balaban J connectivity index is 1.68. The lowest BCUT2D eigenvalue weighted by Crippen LogP contribution is -2.53. The minimum absolute atomic E-state index is 0.00664. The summed E-state index contributed by atoms with van der Waals surface area (Å²) in [6.07, 6.45) is 4.92. The zero-order chi connectivity index (χ0) is 30.4. The molecule has 0 bridgehead atoms. The molecular formula is C31H34Cl2FN3O4S. The lowest BCUT2D eigenvalue weighted by atomic mass is 9.95. The molecule has 1 fully saturated rings. The van der Waals surface area contributed by atoms with Crippen molar-refractivity contribution in [2.75, 3.05) is 10.8 Å². The van der Waals surface area contributed by atoms with Gasteiger partial charge in [0.2, 0.25) is 11.8 Å². The first-order valence-corrected chi connectivity index (χ1v) is 16.0. The van der Waals surface area contributed by atoms with Crippen LogP contribution in [0.4, 0.5) is 10.1 Å². The summed E-state index contributed by atoms with van der Waals surface area (Å²) >= 11 is 12.3. The first-order valence-electron chi connectivity index (χ1n) is 13.8. The van der Waals surface area contributed by atoms with Gasteiger partial charge in [-0.1, -0.05) is 66.2 Å². The van der Waals surface area contributed by atoms with Gasteiger partial charge in [0.05, 0.1) is 20.6 Å². The maximum Gasteiger partial charge on any atom is 0.264 e. The molecule has 224 valence electrons. The summed E-state index contributed by atoms with van der Waals surface area (Å²) in [6.45, 7) is 2.88. The summed E-state index contributed by atoms with van der Waals surface area (Å²) in [4.78, 5) is 28.6. The Bertz CT molecular complexity index is 1510. The van der Waals surface area contributed by atoms with Crippen molar-refractivity contribution in [2.24, 2.45) is 0 Å². The molecule has 1 atom stereocenters. The molecule has 0 aromatic heterocycles. The highest BCUT2D eigenvalue weighted by atomic mass is 35.5. The van der Waals surface area contributed by atoms with E-state index in [0.29, 0.717) is 15.6 Å². The van der Waals surface area contributed by atoms with E-state index in [2.05, 4.69) is 5.32 Å². The van der Waals surface area contributed by atoms with Crippen LogP contribution in [0.5, 0.6) is 0 Å². The summed E-state index contributed by atoms with van der Waals surface area (Å²) in [5.74, 6) is -1.50. The van der Waals surface area contributed by atoms with Crippen LogP contribution in [0.1, 0.15) is 50.2 Å². The van der Waals surface area contributed by atoms with Crippen LogP contribution >= 0.6 is 23.2 Å². The number of nitrogens with one attached hydrogen (secondary N) is 1. The lowest BCUT2D eigenvalue weighted by molar-refractivity contribution is -0.139. The quantitative estimate of drug-likeness (QED) is 0.276.